The molecule has 2 saturated heterocycles. The minimum absolute atomic E-state index is 0.293. The quantitative estimate of drug-likeness (QED) is 0.0558. The van der Waals surface area contributed by atoms with Crippen LogP contribution in [0.4, 0.5) is 5.69 Å². The van der Waals surface area contributed by atoms with Gasteiger partial charge in [0.1, 0.15) is 0 Å². The lowest BCUT2D eigenvalue weighted by Gasteiger charge is -2.19. The Hall–Kier alpha value is -5.78. The maximum atomic E-state index is 5.55. The molecule has 3 atom stereocenters. The zero-order chi connectivity index (χ0) is 48.6. The van der Waals surface area contributed by atoms with Crippen LogP contribution in [0.25, 0.3) is 28.2 Å². The maximum Gasteiger partial charge on any atom is 0.178 e. The number of benzene rings is 2. The molecule has 2 aliphatic heterocycles. The molecule has 0 bridgehead atoms. The summed E-state index contributed by atoms with van der Waals surface area (Å²) in [6, 6.07) is 23.7. The molecule has 6 aromatic rings. The van der Waals surface area contributed by atoms with Crippen molar-refractivity contribution in [2.75, 3.05) is 38.1 Å². The summed E-state index contributed by atoms with van der Waals surface area (Å²) in [6.07, 6.45) is 14.0. The van der Waals surface area contributed by atoms with Crippen LogP contribution in [0.3, 0.4) is 0 Å². The van der Waals surface area contributed by atoms with Gasteiger partial charge in [0.15, 0.2) is 11.3 Å². The number of aryl methyl sites for hydroxylation is 6. The SMILES string of the molecule is C=CCC(C=C(CC)CC)c1c(C)nc2ccc(C)nn12.CC.CCc1ccc(-c2c(C)nc3c(N4CCC(C)C4)cc(C)nn23)cc1CC.CN1CCC(N/C=C(\NN)c2ccccc2)C1. The van der Waals surface area contributed by atoms with Crippen molar-refractivity contribution in [2.45, 2.75) is 133 Å². The summed E-state index contributed by atoms with van der Waals surface area (Å²) in [4.78, 5) is 14.4. The van der Waals surface area contributed by atoms with Crippen LogP contribution in [0.2, 0.25) is 0 Å². The van der Waals surface area contributed by atoms with Gasteiger partial charge in [-0.3, -0.25) is 5.84 Å². The first kappa shape index (κ1) is 52.2. The van der Waals surface area contributed by atoms with E-state index in [4.69, 9.17) is 15.9 Å². The van der Waals surface area contributed by atoms with Crippen LogP contribution in [0.5, 0.6) is 0 Å². The van der Waals surface area contributed by atoms with Crippen LogP contribution in [0.1, 0.15) is 132 Å². The number of nitrogens with one attached hydrogen (secondary N) is 2. The van der Waals surface area contributed by atoms with E-state index in [1.54, 1.807) is 0 Å². The molecule has 0 amide bonds. The van der Waals surface area contributed by atoms with E-state index >= 15 is 0 Å². The number of hydrogen-bond acceptors (Lipinski definition) is 9. The van der Waals surface area contributed by atoms with E-state index in [-0.39, 0.29) is 0 Å². The minimum Gasteiger partial charge on any atom is -0.385 e. The monoisotopic (exact) mass is 908 g/mol. The number of nitrogens with zero attached hydrogens (tertiary/aromatic N) is 8. The van der Waals surface area contributed by atoms with Crippen molar-refractivity contribution in [3.05, 3.63) is 142 Å². The maximum absolute atomic E-state index is 5.55. The summed E-state index contributed by atoms with van der Waals surface area (Å²) in [6.45, 7) is 31.8. The minimum atomic E-state index is 0.293. The number of likely N-dealkylation sites (N-methyl/N-ethyl adjacent to an activating group) is 1. The Morgan fingerprint density at radius 2 is 1.54 bits per heavy atom. The number of hydrogen-bond donors (Lipinski definition) is 3. The fourth-order valence-corrected chi connectivity index (χ4v) is 9.28. The molecule has 4 N–H and O–H groups in total. The number of allylic oxidation sites excluding steroid dienone is 3. The zero-order valence-electron chi connectivity index (χ0n) is 43.0. The van der Waals surface area contributed by atoms with Crippen molar-refractivity contribution >= 4 is 22.7 Å². The molecule has 6 heterocycles. The lowest BCUT2D eigenvalue weighted by Crippen LogP contribution is -2.29. The highest BCUT2D eigenvalue weighted by Crippen LogP contribution is 2.33. The Balaban J connectivity index is 0.000000190. The molecule has 0 saturated carbocycles. The lowest BCUT2D eigenvalue weighted by atomic mass is 9.95. The Morgan fingerprint density at radius 3 is 2.15 bits per heavy atom. The Bertz CT molecular complexity index is 2560. The van der Waals surface area contributed by atoms with Crippen molar-refractivity contribution in [1.29, 1.82) is 0 Å². The lowest BCUT2D eigenvalue weighted by molar-refractivity contribution is 0.405. The van der Waals surface area contributed by atoms with Crippen LogP contribution >= 0.6 is 0 Å². The number of anilines is 1. The zero-order valence-corrected chi connectivity index (χ0v) is 43.0. The van der Waals surface area contributed by atoms with E-state index < -0.39 is 0 Å². The second-order valence-electron chi connectivity index (χ2n) is 18.0. The number of hydrazine groups is 1. The molecule has 8 rings (SSSR count). The Morgan fingerprint density at radius 1 is 0.821 bits per heavy atom. The fourth-order valence-electron chi connectivity index (χ4n) is 9.28. The van der Waals surface area contributed by atoms with E-state index in [0.717, 1.165) is 115 Å². The van der Waals surface area contributed by atoms with E-state index in [1.165, 1.54) is 46.5 Å². The van der Waals surface area contributed by atoms with Crippen molar-refractivity contribution in [3.63, 3.8) is 0 Å². The Labute approximate surface area is 402 Å². The highest BCUT2D eigenvalue weighted by Gasteiger charge is 2.25. The molecule has 2 fully saturated rings. The first-order valence-electron chi connectivity index (χ1n) is 25.0. The van der Waals surface area contributed by atoms with E-state index in [0.29, 0.717) is 12.0 Å². The van der Waals surface area contributed by atoms with E-state index in [2.05, 4.69) is 134 Å². The van der Waals surface area contributed by atoms with Crippen LogP contribution in [-0.2, 0) is 12.8 Å². The summed E-state index contributed by atoms with van der Waals surface area (Å²) in [5, 5.41) is 12.9. The van der Waals surface area contributed by atoms with Gasteiger partial charge in [-0.2, -0.15) is 10.2 Å². The van der Waals surface area contributed by atoms with Crippen LogP contribution in [-0.4, -0.2) is 73.4 Å². The van der Waals surface area contributed by atoms with Gasteiger partial charge in [-0.1, -0.05) is 109 Å². The van der Waals surface area contributed by atoms with E-state index in [1.807, 2.05) is 80.0 Å². The summed E-state index contributed by atoms with van der Waals surface area (Å²) in [5.41, 5.74) is 19.9. The van der Waals surface area contributed by atoms with Crippen molar-refractivity contribution < 1.29 is 0 Å². The summed E-state index contributed by atoms with van der Waals surface area (Å²) < 4.78 is 4.07. The van der Waals surface area contributed by atoms with Gasteiger partial charge in [0.05, 0.1) is 45.5 Å². The molecule has 11 nitrogen and oxygen atoms in total. The molecule has 2 aromatic carbocycles. The fraction of sp³-hybridized carbons (Fsp3) is 0.464. The number of likely N-dealkylation sites (tertiary alicyclic amines) is 1. The molecular formula is C56H81N11. The molecule has 360 valence electrons. The van der Waals surface area contributed by atoms with Gasteiger partial charge in [-0.25, -0.2) is 19.0 Å². The molecule has 0 aliphatic carbocycles. The number of rotatable bonds is 14. The van der Waals surface area contributed by atoms with Gasteiger partial charge in [-0.15, -0.1) is 6.58 Å². The first-order chi connectivity index (χ1) is 32.4. The second-order valence-corrected chi connectivity index (χ2v) is 18.0. The number of nitrogens with two attached hydrogens (primary N) is 1. The first-order valence-corrected chi connectivity index (χ1v) is 25.0. The Kier molecular flexibility index (Phi) is 19.8. The molecular weight excluding hydrogens is 827 g/mol. The average molecular weight is 908 g/mol. The molecule has 3 unspecified atom stereocenters. The van der Waals surface area contributed by atoms with Gasteiger partial charge in [0, 0.05) is 48.9 Å². The highest BCUT2D eigenvalue weighted by atomic mass is 15.3. The van der Waals surface area contributed by atoms with Crippen LogP contribution in [0.15, 0.2) is 97.2 Å². The molecule has 0 spiro atoms. The summed E-state index contributed by atoms with van der Waals surface area (Å²) in [5.74, 6) is 6.58. The topological polar surface area (TPSA) is 117 Å². The molecule has 11 heteroatoms. The average Bonchev–Trinajstić information content (AvgIpc) is 4.13. The number of aromatic nitrogens is 6. The molecule has 2 aliphatic rings. The molecule has 0 radical (unpaired) electrons. The normalized spacial score (nSPS) is 16.4. The third kappa shape index (κ3) is 13.2. The van der Waals surface area contributed by atoms with Crippen molar-refractivity contribution in [1.82, 2.24) is 44.8 Å². The standard InChI is InChI=1S/C23H30N4.C18H25N3.C13H20N4.C2H6/c1-6-18-8-9-20(13-19(18)7-2)22-17(5)24-23-21(12-16(4)25-27(22)23)26-11-10-15(3)14-26;1-6-9-16(12-15(7-2)8-3)18-14(5)19-17-11-10-13(4)20-21(17)18;1-17-8-7-12(10-17)15-9-13(16-14)11-5-3-2-4-6-11;1-2/h8-9,12-13,15H,6-7,10-11,14H2,1-5H3;6,10-12,16H,1,7-9H2,2-5H3;2-6,9,12,15-16H,7-8,10,14H2,1H3;1-2H3/b;;13-9-;. The second kappa shape index (κ2) is 25.4. The molecule has 67 heavy (non-hydrogen) atoms. The highest BCUT2D eigenvalue weighted by molar-refractivity contribution is 5.76. The van der Waals surface area contributed by atoms with Gasteiger partial charge in [0.2, 0.25) is 0 Å². The van der Waals surface area contributed by atoms with Crippen molar-refractivity contribution in [3.8, 4) is 11.3 Å². The molecule has 4 aromatic heterocycles. The van der Waals surface area contributed by atoms with Gasteiger partial charge in [0.25, 0.3) is 0 Å². The van der Waals surface area contributed by atoms with Crippen molar-refractivity contribution in [2.24, 2.45) is 11.8 Å². The number of imidazole rings is 2. The van der Waals surface area contributed by atoms with Gasteiger partial charge >= 0.3 is 0 Å². The van der Waals surface area contributed by atoms with Gasteiger partial charge in [-0.05, 0) is 128 Å². The third-order valence-electron chi connectivity index (χ3n) is 12.9. The summed E-state index contributed by atoms with van der Waals surface area (Å²) >= 11 is 0. The predicted molar refractivity (Wildman–Crippen MR) is 283 cm³/mol. The predicted octanol–water partition coefficient (Wildman–Crippen LogP) is 11.5. The third-order valence-corrected chi connectivity index (χ3v) is 12.9. The largest absolute Gasteiger partial charge is 0.385 e. The van der Waals surface area contributed by atoms with E-state index in [9.17, 15) is 0 Å². The number of fused-ring (bicyclic) bond motifs is 2. The smallest absolute Gasteiger partial charge is 0.178 e. The summed E-state index contributed by atoms with van der Waals surface area (Å²) in [7, 11) is 2.14. The van der Waals surface area contributed by atoms with Crippen LogP contribution < -0.4 is 21.5 Å². The van der Waals surface area contributed by atoms with Gasteiger partial charge < -0.3 is 20.5 Å². The van der Waals surface area contributed by atoms with Crippen LogP contribution in [0, 0.1) is 33.6 Å².